The molecule has 0 aliphatic carbocycles. The summed E-state index contributed by atoms with van der Waals surface area (Å²) in [4.78, 5) is 29.7. The Morgan fingerprint density at radius 1 is 0.822 bits per heavy atom. The number of nitrogens with zero attached hydrogens (tertiary/aromatic N) is 2. The zero-order chi connectivity index (χ0) is 32.6. The van der Waals surface area contributed by atoms with E-state index in [1.54, 1.807) is 42.5 Å². The molecular formula is C34H34Cl3N3O4S. The van der Waals surface area contributed by atoms with Gasteiger partial charge in [-0.25, -0.2) is 8.42 Å². The van der Waals surface area contributed by atoms with Crippen molar-refractivity contribution in [3.63, 3.8) is 0 Å². The molecule has 0 spiro atoms. The molecule has 0 bridgehead atoms. The van der Waals surface area contributed by atoms with Crippen LogP contribution in [0, 0.1) is 0 Å². The Bertz CT molecular complexity index is 1720. The highest BCUT2D eigenvalue weighted by atomic mass is 35.5. The number of nitrogens with one attached hydrogen (secondary N) is 1. The van der Waals surface area contributed by atoms with Crippen molar-refractivity contribution < 1.29 is 18.0 Å². The SMILES string of the molecule is CCC(C)NC(=O)C(Cc1ccccc1)N(Cc1ccccc1Cl)C(=O)CN(c1cccc(Cl)c1)S(=O)(=O)c1ccc(Cl)cc1. The zero-order valence-electron chi connectivity index (χ0n) is 24.9. The first-order valence-electron chi connectivity index (χ1n) is 14.4. The minimum absolute atomic E-state index is 0.0334. The van der Waals surface area contributed by atoms with E-state index in [1.165, 1.54) is 35.2 Å². The third kappa shape index (κ3) is 9.01. The molecule has 0 aromatic heterocycles. The monoisotopic (exact) mass is 685 g/mol. The topological polar surface area (TPSA) is 86.8 Å². The molecular weight excluding hydrogens is 653 g/mol. The molecule has 236 valence electrons. The van der Waals surface area contributed by atoms with Crippen LogP contribution in [0.1, 0.15) is 31.4 Å². The molecule has 0 fully saturated rings. The van der Waals surface area contributed by atoms with Crippen LogP contribution in [0.5, 0.6) is 0 Å². The molecule has 2 atom stereocenters. The van der Waals surface area contributed by atoms with Crippen molar-refractivity contribution in [2.75, 3.05) is 10.8 Å². The van der Waals surface area contributed by atoms with Gasteiger partial charge in [0.15, 0.2) is 0 Å². The van der Waals surface area contributed by atoms with Crippen LogP contribution < -0.4 is 9.62 Å². The Morgan fingerprint density at radius 2 is 1.49 bits per heavy atom. The van der Waals surface area contributed by atoms with Crippen LogP contribution in [0.15, 0.2) is 108 Å². The van der Waals surface area contributed by atoms with Crippen LogP contribution in [-0.4, -0.2) is 43.8 Å². The van der Waals surface area contributed by atoms with Crippen LogP contribution >= 0.6 is 34.8 Å². The van der Waals surface area contributed by atoms with Gasteiger partial charge in [0, 0.05) is 34.1 Å². The summed E-state index contributed by atoms with van der Waals surface area (Å²) in [5.74, 6) is -0.962. The summed E-state index contributed by atoms with van der Waals surface area (Å²) >= 11 is 18.8. The average Bonchev–Trinajstić information content (AvgIpc) is 3.02. The first-order chi connectivity index (χ1) is 21.5. The normalized spacial score (nSPS) is 12.6. The van der Waals surface area contributed by atoms with Crippen LogP contribution in [0.4, 0.5) is 5.69 Å². The lowest BCUT2D eigenvalue weighted by Gasteiger charge is -2.34. The first-order valence-corrected chi connectivity index (χ1v) is 17.0. The fourth-order valence-electron chi connectivity index (χ4n) is 4.70. The maximum atomic E-state index is 14.5. The Morgan fingerprint density at radius 3 is 2.13 bits per heavy atom. The molecule has 4 aromatic carbocycles. The van der Waals surface area contributed by atoms with Crippen LogP contribution in [0.25, 0.3) is 0 Å². The summed E-state index contributed by atoms with van der Waals surface area (Å²) in [5.41, 5.74) is 1.63. The standard InChI is InChI=1S/C34H34Cl3N3O4S/c1-3-24(2)38-34(42)32(20-25-10-5-4-6-11-25)39(22-26-12-7-8-15-31(26)37)33(41)23-40(29-14-9-13-28(36)21-29)45(43,44)30-18-16-27(35)17-19-30/h4-19,21,24,32H,3,20,22-23H2,1-2H3,(H,38,42). The summed E-state index contributed by atoms with van der Waals surface area (Å²) in [6, 6.07) is 27.2. The van der Waals surface area contributed by atoms with Gasteiger partial charge in [0.25, 0.3) is 10.0 Å². The predicted octanol–water partition coefficient (Wildman–Crippen LogP) is 7.40. The number of rotatable bonds is 13. The second-order valence-corrected chi connectivity index (χ2v) is 13.7. The van der Waals surface area contributed by atoms with Crippen molar-refractivity contribution in [3.05, 3.63) is 129 Å². The maximum Gasteiger partial charge on any atom is 0.264 e. The molecule has 4 rings (SSSR count). The lowest BCUT2D eigenvalue weighted by atomic mass is 10.0. The number of carbonyl (C=O) groups excluding carboxylic acids is 2. The lowest BCUT2D eigenvalue weighted by Crippen LogP contribution is -2.54. The molecule has 0 saturated carbocycles. The first kappa shape index (κ1) is 34.3. The molecule has 4 aromatic rings. The molecule has 0 aliphatic heterocycles. The number of hydrogen-bond donors (Lipinski definition) is 1. The number of carbonyl (C=O) groups is 2. The smallest absolute Gasteiger partial charge is 0.264 e. The molecule has 2 unspecified atom stereocenters. The van der Waals surface area contributed by atoms with Crippen molar-refractivity contribution >= 4 is 62.3 Å². The fourth-order valence-corrected chi connectivity index (χ4v) is 6.61. The second-order valence-electron chi connectivity index (χ2n) is 10.6. The number of benzene rings is 4. The predicted molar refractivity (Wildman–Crippen MR) is 181 cm³/mol. The second kappa shape index (κ2) is 15.6. The van der Waals surface area contributed by atoms with Gasteiger partial charge in [0.05, 0.1) is 10.6 Å². The quantitative estimate of drug-likeness (QED) is 0.159. The van der Waals surface area contributed by atoms with Gasteiger partial charge < -0.3 is 10.2 Å². The van der Waals surface area contributed by atoms with Gasteiger partial charge in [-0.1, -0.05) is 96.3 Å². The molecule has 0 saturated heterocycles. The highest BCUT2D eigenvalue weighted by Gasteiger charge is 2.35. The summed E-state index contributed by atoms with van der Waals surface area (Å²) < 4.78 is 29.1. The minimum atomic E-state index is -4.28. The van der Waals surface area contributed by atoms with Gasteiger partial charge in [-0.2, -0.15) is 0 Å². The Balaban J connectivity index is 1.82. The molecule has 0 aliphatic rings. The van der Waals surface area contributed by atoms with Gasteiger partial charge >= 0.3 is 0 Å². The number of amides is 2. The van der Waals surface area contributed by atoms with E-state index in [0.29, 0.717) is 27.1 Å². The van der Waals surface area contributed by atoms with E-state index in [0.717, 1.165) is 9.87 Å². The molecule has 45 heavy (non-hydrogen) atoms. The van der Waals surface area contributed by atoms with E-state index in [1.807, 2.05) is 44.2 Å². The number of hydrogen-bond acceptors (Lipinski definition) is 4. The van der Waals surface area contributed by atoms with Crippen molar-refractivity contribution in [3.8, 4) is 0 Å². The van der Waals surface area contributed by atoms with Crippen molar-refractivity contribution in [2.24, 2.45) is 0 Å². The van der Waals surface area contributed by atoms with E-state index >= 15 is 0 Å². The summed E-state index contributed by atoms with van der Waals surface area (Å²) in [6.45, 7) is 3.19. The largest absolute Gasteiger partial charge is 0.352 e. The third-order valence-electron chi connectivity index (χ3n) is 7.35. The highest BCUT2D eigenvalue weighted by molar-refractivity contribution is 7.92. The number of halogens is 3. The lowest BCUT2D eigenvalue weighted by molar-refractivity contribution is -0.140. The van der Waals surface area contributed by atoms with Gasteiger partial charge in [-0.15, -0.1) is 0 Å². The van der Waals surface area contributed by atoms with Gasteiger partial charge in [-0.05, 0) is 73.0 Å². The summed E-state index contributed by atoms with van der Waals surface area (Å²) in [5, 5.41) is 4.08. The highest BCUT2D eigenvalue weighted by Crippen LogP contribution is 2.28. The van der Waals surface area contributed by atoms with Gasteiger partial charge in [-0.3, -0.25) is 13.9 Å². The molecule has 1 N–H and O–H groups in total. The Labute approximate surface area is 279 Å². The Hall–Kier alpha value is -3.56. The van der Waals surface area contributed by atoms with Crippen LogP contribution in [-0.2, 0) is 32.6 Å². The van der Waals surface area contributed by atoms with Crippen LogP contribution in [0.3, 0.4) is 0 Å². The van der Waals surface area contributed by atoms with E-state index in [9.17, 15) is 18.0 Å². The Kier molecular flexibility index (Phi) is 11.9. The maximum absolute atomic E-state index is 14.5. The molecule has 2 amide bonds. The number of sulfonamides is 1. The summed E-state index contributed by atoms with van der Waals surface area (Å²) in [7, 11) is -4.28. The van der Waals surface area contributed by atoms with Crippen molar-refractivity contribution in [1.29, 1.82) is 0 Å². The number of anilines is 1. The summed E-state index contributed by atoms with van der Waals surface area (Å²) in [6.07, 6.45) is 0.880. The molecule has 11 heteroatoms. The zero-order valence-corrected chi connectivity index (χ0v) is 28.0. The van der Waals surface area contributed by atoms with Crippen molar-refractivity contribution in [1.82, 2.24) is 10.2 Å². The average molecular weight is 687 g/mol. The molecule has 0 heterocycles. The minimum Gasteiger partial charge on any atom is -0.352 e. The fraction of sp³-hybridized carbons (Fsp3) is 0.235. The van der Waals surface area contributed by atoms with E-state index in [2.05, 4.69) is 5.32 Å². The van der Waals surface area contributed by atoms with Crippen LogP contribution in [0.2, 0.25) is 15.1 Å². The molecule has 0 radical (unpaired) electrons. The third-order valence-corrected chi connectivity index (χ3v) is 9.99. The van der Waals surface area contributed by atoms with E-state index in [-0.39, 0.29) is 35.5 Å². The van der Waals surface area contributed by atoms with E-state index in [4.69, 9.17) is 34.8 Å². The van der Waals surface area contributed by atoms with E-state index < -0.39 is 28.5 Å². The van der Waals surface area contributed by atoms with Crippen molar-refractivity contribution in [2.45, 2.75) is 50.2 Å². The van der Waals surface area contributed by atoms with Gasteiger partial charge in [0.1, 0.15) is 12.6 Å². The van der Waals surface area contributed by atoms with Gasteiger partial charge in [0.2, 0.25) is 11.8 Å². The molecule has 7 nitrogen and oxygen atoms in total.